The summed E-state index contributed by atoms with van der Waals surface area (Å²) < 4.78 is 5.22. The number of carbonyl (C=O) groups excluding carboxylic acids is 1. The van der Waals surface area contributed by atoms with Crippen LogP contribution in [0.1, 0.15) is 12.0 Å². The number of hydrogen-bond donors (Lipinski definition) is 2. The highest BCUT2D eigenvalue weighted by atomic mass is 16.5. The fourth-order valence-corrected chi connectivity index (χ4v) is 2.27. The van der Waals surface area contributed by atoms with E-state index in [-0.39, 0.29) is 12.0 Å². The Labute approximate surface area is 113 Å². The monoisotopic (exact) mass is 264 g/mol. The normalized spacial score (nSPS) is 19.4. The van der Waals surface area contributed by atoms with Gasteiger partial charge in [0, 0.05) is 13.1 Å². The number of rotatable bonds is 4. The van der Waals surface area contributed by atoms with Gasteiger partial charge in [0.25, 0.3) is 0 Å². The third kappa shape index (κ3) is 3.68. The number of amides is 1. The van der Waals surface area contributed by atoms with E-state index in [1.807, 2.05) is 30.0 Å². The first kappa shape index (κ1) is 13.8. The van der Waals surface area contributed by atoms with Gasteiger partial charge in [0.2, 0.25) is 5.91 Å². The van der Waals surface area contributed by atoms with Gasteiger partial charge in [0.05, 0.1) is 25.4 Å². The molecule has 0 saturated carbocycles. The number of anilines is 1. The fourth-order valence-electron chi connectivity index (χ4n) is 2.27. The highest BCUT2D eigenvalue weighted by Gasteiger charge is 2.22. The van der Waals surface area contributed by atoms with Crippen molar-refractivity contribution in [2.24, 2.45) is 0 Å². The van der Waals surface area contributed by atoms with Crippen molar-refractivity contribution in [1.82, 2.24) is 4.90 Å². The van der Waals surface area contributed by atoms with Gasteiger partial charge in [-0.05, 0) is 31.0 Å². The molecule has 1 atom stereocenters. The van der Waals surface area contributed by atoms with E-state index in [2.05, 4.69) is 5.32 Å². The quantitative estimate of drug-likeness (QED) is 0.852. The van der Waals surface area contributed by atoms with E-state index in [0.717, 1.165) is 18.5 Å². The van der Waals surface area contributed by atoms with Crippen molar-refractivity contribution >= 4 is 11.6 Å². The maximum Gasteiger partial charge on any atom is 0.238 e. The minimum atomic E-state index is -0.304. The Morgan fingerprint density at radius 1 is 1.58 bits per heavy atom. The third-order valence-corrected chi connectivity index (χ3v) is 3.24. The number of benzene rings is 1. The summed E-state index contributed by atoms with van der Waals surface area (Å²) in [7, 11) is 1.58. The van der Waals surface area contributed by atoms with Gasteiger partial charge in [0.1, 0.15) is 5.75 Å². The highest BCUT2D eigenvalue weighted by Crippen LogP contribution is 2.25. The summed E-state index contributed by atoms with van der Waals surface area (Å²) in [5.41, 5.74) is 1.75. The molecule has 1 aromatic carbocycles. The van der Waals surface area contributed by atoms with Gasteiger partial charge >= 0.3 is 0 Å². The van der Waals surface area contributed by atoms with E-state index >= 15 is 0 Å². The highest BCUT2D eigenvalue weighted by molar-refractivity contribution is 5.93. The molecule has 5 nitrogen and oxygen atoms in total. The van der Waals surface area contributed by atoms with Gasteiger partial charge in [-0.3, -0.25) is 9.69 Å². The first-order valence-corrected chi connectivity index (χ1v) is 6.43. The molecule has 0 unspecified atom stereocenters. The van der Waals surface area contributed by atoms with Crippen LogP contribution >= 0.6 is 0 Å². The van der Waals surface area contributed by atoms with E-state index in [4.69, 9.17) is 4.74 Å². The Hall–Kier alpha value is -1.59. The zero-order valence-electron chi connectivity index (χ0n) is 11.3. The molecule has 19 heavy (non-hydrogen) atoms. The molecule has 1 saturated heterocycles. The van der Waals surface area contributed by atoms with Crippen molar-refractivity contribution in [2.75, 3.05) is 32.1 Å². The zero-order chi connectivity index (χ0) is 13.8. The number of aliphatic hydroxyl groups excluding tert-OH is 1. The molecule has 0 aliphatic carbocycles. The fraction of sp³-hybridized carbons (Fsp3) is 0.500. The number of nitrogens with one attached hydrogen (secondary N) is 1. The molecule has 2 N–H and O–H groups in total. The van der Waals surface area contributed by atoms with Crippen LogP contribution in [-0.4, -0.2) is 48.8 Å². The van der Waals surface area contributed by atoms with Gasteiger partial charge in [-0.15, -0.1) is 0 Å². The maximum atomic E-state index is 12.0. The number of hydrogen-bond acceptors (Lipinski definition) is 4. The molecule has 1 aliphatic heterocycles. The molecule has 1 fully saturated rings. The van der Waals surface area contributed by atoms with Gasteiger partial charge < -0.3 is 15.2 Å². The molecule has 2 rings (SSSR count). The van der Waals surface area contributed by atoms with E-state index in [1.54, 1.807) is 7.11 Å². The van der Waals surface area contributed by atoms with Crippen LogP contribution in [0.3, 0.4) is 0 Å². The van der Waals surface area contributed by atoms with Crippen LogP contribution < -0.4 is 10.1 Å². The summed E-state index contributed by atoms with van der Waals surface area (Å²) in [4.78, 5) is 13.9. The topological polar surface area (TPSA) is 61.8 Å². The minimum Gasteiger partial charge on any atom is -0.495 e. The number of ether oxygens (including phenoxy) is 1. The molecule has 0 spiro atoms. The summed E-state index contributed by atoms with van der Waals surface area (Å²) in [6, 6.07) is 5.66. The molecule has 1 amide bonds. The number of aryl methyl sites for hydroxylation is 1. The van der Waals surface area contributed by atoms with E-state index in [0.29, 0.717) is 24.5 Å². The summed E-state index contributed by atoms with van der Waals surface area (Å²) in [5, 5.41) is 12.3. The van der Waals surface area contributed by atoms with Gasteiger partial charge in [-0.2, -0.15) is 0 Å². The molecule has 0 radical (unpaired) electrons. The first-order valence-electron chi connectivity index (χ1n) is 6.43. The Balaban J connectivity index is 1.96. The molecular weight excluding hydrogens is 244 g/mol. The van der Waals surface area contributed by atoms with Crippen LogP contribution in [0.2, 0.25) is 0 Å². The summed E-state index contributed by atoms with van der Waals surface area (Å²) >= 11 is 0. The van der Waals surface area contributed by atoms with Crippen LogP contribution in [0.5, 0.6) is 5.75 Å². The van der Waals surface area contributed by atoms with E-state index in [1.165, 1.54) is 0 Å². The van der Waals surface area contributed by atoms with Crippen molar-refractivity contribution in [3.05, 3.63) is 23.8 Å². The number of β-amino-alcohol motifs (C(OH)–C–C–N with tert-alkyl or cyclic N) is 1. The second-order valence-corrected chi connectivity index (χ2v) is 4.93. The van der Waals surface area contributed by atoms with Crippen molar-refractivity contribution < 1.29 is 14.6 Å². The molecule has 5 heteroatoms. The van der Waals surface area contributed by atoms with Crippen molar-refractivity contribution in [3.63, 3.8) is 0 Å². The zero-order valence-corrected chi connectivity index (χ0v) is 11.3. The van der Waals surface area contributed by atoms with Crippen LogP contribution in [-0.2, 0) is 4.79 Å². The lowest BCUT2D eigenvalue weighted by Gasteiger charge is -2.16. The van der Waals surface area contributed by atoms with Crippen LogP contribution in [0, 0.1) is 6.92 Å². The Morgan fingerprint density at radius 2 is 2.37 bits per heavy atom. The summed E-state index contributed by atoms with van der Waals surface area (Å²) in [5.74, 6) is 0.568. The molecule has 1 heterocycles. The van der Waals surface area contributed by atoms with E-state index in [9.17, 15) is 9.90 Å². The largest absolute Gasteiger partial charge is 0.495 e. The predicted octanol–water partition coefficient (Wildman–Crippen LogP) is 1.01. The Morgan fingerprint density at radius 3 is 3.00 bits per heavy atom. The molecule has 0 aromatic heterocycles. The minimum absolute atomic E-state index is 0.0852. The SMILES string of the molecule is COc1ccc(C)cc1NC(=O)CN1CC[C@H](O)C1. The lowest BCUT2D eigenvalue weighted by molar-refractivity contribution is -0.117. The van der Waals surface area contributed by atoms with Gasteiger partial charge in [-0.25, -0.2) is 0 Å². The van der Waals surface area contributed by atoms with Gasteiger partial charge in [-0.1, -0.05) is 6.07 Å². The van der Waals surface area contributed by atoms with Crippen molar-refractivity contribution in [1.29, 1.82) is 0 Å². The number of aliphatic hydroxyl groups is 1. The lowest BCUT2D eigenvalue weighted by Crippen LogP contribution is -2.32. The third-order valence-electron chi connectivity index (χ3n) is 3.24. The number of nitrogens with zero attached hydrogens (tertiary/aromatic N) is 1. The first-order chi connectivity index (χ1) is 9.08. The maximum absolute atomic E-state index is 12.0. The van der Waals surface area contributed by atoms with Crippen molar-refractivity contribution in [3.8, 4) is 5.75 Å². The van der Waals surface area contributed by atoms with Crippen molar-refractivity contribution in [2.45, 2.75) is 19.4 Å². The summed E-state index contributed by atoms with van der Waals surface area (Å²) in [6.07, 6.45) is 0.433. The number of likely N-dealkylation sites (tertiary alicyclic amines) is 1. The number of methoxy groups -OCH3 is 1. The predicted molar refractivity (Wildman–Crippen MR) is 73.4 cm³/mol. The Kier molecular flexibility index (Phi) is 4.39. The molecule has 1 aliphatic rings. The Bertz CT molecular complexity index is 462. The molecular formula is C14H20N2O3. The molecule has 0 bridgehead atoms. The van der Waals surface area contributed by atoms with Crippen LogP contribution in [0.4, 0.5) is 5.69 Å². The molecule has 1 aromatic rings. The summed E-state index contributed by atoms with van der Waals surface area (Å²) in [6.45, 7) is 3.60. The second kappa shape index (κ2) is 6.04. The standard InChI is InChI=1S/C14H20N2O3/c1-10-3-4-13(19-2)12(7-10)15-14(18)9-16-6-5-11(17)8-16/h3-4,7,11,17H,5-6,8-9H2,1-2H3,(H,15,18)/t11-/m0/s1. The average Bonchev–Trinajstić information content (AvgIpc) is 2.75. The average molecular weight is 264 g/mol. The van der Waals surface area contributed by atoms with Crippen LogP contribution in [0.15, 0.2) is 18.2 Å². The second-order valence-electron chi connectivity index (χ2n) is 4.93. The van der Waals surface area contributed by atoms with E-state index < -0.39 is 0 Å². The molecule has 104 valence electrons. The lowest BCUT2D eigenvalue weighted by atomic mass is 10.2. The number of carbonyl (C=O) groups is 1. The van der Waals surface area contributed by atoms with Crippen LogP contribution in [0.25, 0.3) is 0 Å². The smallest absolute Gasteiger partial charge is 0.238 e. The van der Waals surface area contributed by atoms with Gasteiger partial charge in [0.15, 0.2) is 0 Å².